The van der Waals surface area contributed by atoms with Gasteiger partial charge in [-0.05, 0) is 25.3 Å². The van der Waals surface area contributed by atoms with Crippen LogP contribution in [-0.4, -0.2) is 59.3 Å². The number of nitrogens with zero attached hydrogens (tertiary/aromatic N) is 1. The molecule has 0 aromatic heterocycles. The first kappa shape index (κ1) is 15.8. The number of carbonyl (C=O) groups excluding carboxylic acids is 1. The molecule has 1 amide bonds. The largest absolute Gasteiger partial charge is 0.393 e. The summed E-state index contributed by atoms with van der Waals surface area (Å²) >= 11 is 0. The molecule has 0 spiro atoms. The maximum absolute atomic E-state index is 11.5. The van der Waals surface area contributed by atoms with Crippen LogP contribution < -0.4 is 5.32 Å². The van der Waals surface area contributed by atoms with Gasteiger partial charge in [-0.1, -0.05) is 6.08 Å². The van der Waals surface area contributed by atoms with Crippen LogP contribution in [0.25, 0.3) is 0 Å². The van der Waals surface area contributed by atoms with E-state index in [0.717, 1.165) is 19.4 Å². The van der Waals surface area contributed by atoms with E-state index in [0.29, 0.717) is 0 Å². The van der Waals surface area contributed by atoms with Crippen LogP contribution in [0.3, 0.4) is 0 Å². The molecule has 1 unspecified atom stereocenters. The molecule has 1 aliphatic rings. The lowest BCUT2D eigenvalue weighted by Gasteiger charge is -2.22. The van der Waals surface area contributed by atoms with Gasteiger partial charge in [0.15, 0.2) is 0 Å². The van der Waals surface area contributed by atoms with Crippen LogP contribution in [0.5, 0.6) is 0 Å². The van der Waals surface area contributed by atoms with E-state index in [9.17, 15) is 9.90 Å². The van der Waals surface area contributed by atoms with Crippen LogP contribution in [0.1, 0.15) is 19.3 Å². The van der Waals surface area contributed by atoms with Gasteiger partial charge in [0.25, 0.3) is 0 Å². The first-order valence-electron chi connectivity index (χ1n) is 6.50. The summed E-state index contributed by atoms with van der Waals surface area (Å²) < 4.78 is 0. The summed E-state index contributed by atoms with van der Waals surface area (Å²) in [6.45, 7) is -0.0154. The monoisotopic (exact) mass is 270 g/mol. The van der Waals surface area contributed by atoms with Gasteiger partial charge in [0.2, 0.25) is 5.91 Å². The Labute approximate surface area is 112 Å². The van der Waals surface area contributed by atoms with Crippen LogP contribution in [0.15, 0.2) is 17.1 Å². The highest BCUT2D eigenvalue weighted by Gasteiger charge is 2.24. The number of allylic oxidation sites excluding steroid dienone is 1. The number of aliphatic hydroxyl groups excluding tert-OH is 2. The summed E-state index contributed by atoms with van der Waals surface area (Å²) in [7, 11) is 0. The zero-order valence-corrected chi connectivity index (χ0v) is 11.0. The SMILES string of the molecule is O=C(/C=C/C1C=NCCC1)NCCC(O)(CO)CO. The number of aliphatic hydroxyl groups is 3. The van der Waals surface area contributed by atoms with Crippen LogP contribution in [0, 0.1) is 5.92 Å². The number of amides is 1. The van der Waals surface area contributed by atoms with Gasteiger partial charge in [0, 0.05) is 25.2 Å². The van der Waals surface area contributed by atoms with Crippen molar-refractivity contribution in [3.05, 3.63) is 12.2 Å². The minimum atomic E-state index is -1.53. The quantitative estimate of drug-likeness (QED) is 0.457. The molecule has 4 N–H and O–H groups in total. The lowest BCUT2D eigenvalue weighted by molar-refractivity contribution is -0.117. The second kappa shape index (κ2) is 8.04. The average Bonchev–Trinajstić information content (AvgIpc) is 2.46. The molecule has 0 aromatic rings. The van der Waals surface area contributed by atoms with Gasteiger partial charge in [0.05, 0.1) is 13.2 Å². The Morgan fingerprint density at radius 2 is 2.21 bits per heavy atom. The van der Waals surface area contributed by atoms with Gasteiger partial charge in [0.1, 0.15) is 5.60 Å². The van der Waals surface area contributed by atoms with E-state index in [4.69, 9.17) is 10.2 Å². The molecule has 0 aromatic carbocycles. The molecule has 6 nitrogen and oxygen atoms in total. The lowest BCUT2D eigenvalue weighted by atomic mass is 10.0. The van der Waals surface area contributed by atoms with E-state index in [-0.39, 0.29) is 24.8 Å². The number of hydrogen-bond acceptors (Lipinski definition) is 5. The van der Waals surface area contributed by atoms with Crippen molar-refractivity contribution in [2.45, 2.75) is 24.9 Å². The Bertz CT molecular complexity index is 338. The van der Waals surface area contributed by atoms with Gasteiger partial charge in [-0.2, -0.15) is 0 Å². The first-order valence-corrected chi connectivity index (χ1v) is 6.50. The average molecular weight is 270 g/mol. The van der Waals surface area contributed by atoms with Crippen molar-refractivity contribution in [3.8, 4) is 0 Å². The van der Waals surface area contributed by atoms with Gasteiger partial charge in [-0.15, -0.1) is 0 Å². The normalized spacial score (nSPS) is 19.8. The van der Waals surface area contributed by atoms with Crippen LogP contribution in [0.4, 0.5) is 0 Å². The lowest BCUT2D eigenvalue weighted by Crippen LogP contribution is -2.41. The van der Waals surface area contributed by atoms with Crippen molar-refractivity contribution in [2.75, 3.05) is 26.3 Å². The van der Waals surface area contributed by atoms with Crippen molar-refractivity contribution < 1.29 is 20.1 Å². The molecular formula is C13H22N2O4. The Morgan fingerprint density at radius 3 is 2.79 bits per heavy atom. The van der Waals surface area contributed by atoms with Gasteiger partial charge < -0.3 is 20.6 Å². The predicted octanol–water partition coefficient (Wildman–Crippen LogP) is -0.755. The standard InChI is InChI=1S/C13H22N2O4/c16-9-13(19,10-17)5-7-15-12(18)4-3-11-2-1-6-14-8-11/h3-4,8,11,16-17,19H,1-2,5-7,9-10H2,(H,15,18)/b4-3+. The Balaban J connectivity index is 2.26. The van der Waals surface area contributed by atoms with Crippen LogP contribution in [0.2, 0.25) is 0 Å². The van der Waals surface area contributed by atoms with Crippen molar-refractivity contribution in [1.82, 2.24) is 5.32 Å². The van der Waals surface area contributed by atoms with E-state index in [1.54, 1.807) is 0 Å². The molecule has 0 fully saturated rings. The summed E-state index contributed by atoms with van der Waals surface area (Å²) in [5, 5.41) is 29.9. The summed E-state index contributed by atoms with van der Waals surface area (Å²) in [6.07, 6.45) is 7.25. The fourth-order valence-electron chi connectivity index (χ4n) is 1.75. The third kappa shape index (κ3) is 5.96. The topological polar surface area (TPSA) is 102 Å². The van der Waals surface area contributed by atoms with Crippen molar-refractivity contribution in [1.29, 1.82) is 0 Å². The van der Waals surface area contributed by atoms with Crippen molar-refractivity contribution in [2.24, 2.45) is 10.9 Å². The zero-order valence-electron chi connectivity index (χ0n) is 11.0. The maximum Gasteiger partial charge on any atom is 0.243 e. The zero-order chi connectivity index (χ0) is 14.1. The maximum atomic E-state index is 11.5. The molecule has 108 valence electrons. The van der Waals surface area contributed by atoms with E-state index in [1.165, 1.54) is 6.08 Å². The molecule has 1 aliphatic heterocycles. The molecule has 1 heterocycles. The highest BCUT2D eigenvalue weighted by Crippen LogP contribution is 2.10. The molecule has 0 saturated heterocycles. The molecule has 19 heavy (non-hydrogen) atoms. The second-order valence-electron chi connectivity index (χ2n) is 4.80. The number of carbonyl (C=O) groups is 1. The number of rotatable bonds is 7. The molecular weight excluding hydrogens is 248 g/mol. The molecule has 0 radical (unpaired) electrons. The minimum Gasteiger partial charge on any atom is -0.393 e. The van der Waals surface area contributed by atoms with E-state index in [2.05, 4.69) is 10.3 Å². The van der Waals surface area contributed by atoms with Crippen molar-refractivity contribution in [3.63, 3.8) is 0 Å². The molecule has 0 aliphatic carbocycles. The fourth-order valence-corrected chi connectivity index (χ4v) is 1.75. The molecule has 0 bridgehead atoms. The Hall–Kier alpha value is -1.24. The summed E-state index contributed by atoms with van der Waals surface area (Å²) in [5.74, 6) is -0.0384. The molecule has 1 rings (SSSR count). The second-order valence-corrected chi connectivity index (χ2v) is 4.80. The minimum absolute atomic E-state index is 0.102. The van der Waals surface area contributed by atoms with Crippen LogP contribution >= 0.6 is 0 Å². The third-order valence-electron chi connectivity index (χ3n) is 3.09. The molecule has 6 heteroatoms. The number of hydrogen-bond donors (Lipinski definition) is 4. The highest BCUT2D eigenvalue weighted by atomic mass is 16.4. The van der Waals surface area contributed by atoms with Gasteiger partial charge in [-0.25, -0.2) is 0 Å². The van der Waals surface area contributed by atoms with E-state index < -0.39 is 18.8 Å². The fraction of sp³-hybridized carbons (Fsp3) is 0.692. The Morgan fingerprint density at radius 1 is 1.47 bits per heavy atom. The van der Waals surface area contributed by atoms with Crippen LogP contribution in [-0.2, 0) is 4.79 Å². The van der Waals surface area contributed by atoms with Crippen molar-refractivity contribution >= 4 is 12.1 Å². The van der Waals surface area contributed by atoms with Gasteiger partial charge in [-0.3, -0.25) is 9.79 Å². The van der Waals surface area contributed by atoms with E-state index >= 15 is 0 Å². The predicted molar refractivity (Wildman–Crippen MR) is 72.0 cm³/mol. The third-order valence-corrected chi connectivity index (χ3v) is 3.09. The number of nitrogens with one attached hydrogen (secondary N) is 1. The highest BCUT2D eigenvalue weighted by molar-refractivity contribution is 5.88. The molecule has 0 saturated carbocycles. The van der Waals surface area contributed by atoms with E-state index in [1.807, 2.05) is 12.3 Å². The summed E-state index contributed by atoms with van der Waals surface area (Å²) in [4.78, 5) is 15.7. The van der Waals surface area contributed by atoms with Gasteiger partial charge >= 0.3 is 0 Å². The number of aliphatic imine (C=N–C) groups is 1. The summed E-state index contributed by atoms with van der Waals surface area (Å²) in [6, 6.07) is 0. The smallest absolute Gasteiger partial charge is 0.243 e. The molecule has 1 atom stereocenters. The summed E-state index contributed by atoms with van der Waals surface area (Å²) in [5.41, 5.74) is -1.53. The Kier molecular flexibility index (Phi) is 6.69. The first-order chi connectivity index (χ1) is 9.09.